The quantitative estimate of drug-likeness (QED) is 0.575. The van der Waals surface area contributed by atoms with Crippen molar-refractivity contribution in [1.82, 2.24) is 9.21 Å². The highest BCUT2D eigenvalue weighted by molar-refractivity contribution is 7.89. The molecule has 0 spiro atoms. The molecule has 33 heavy (non-hydrogen) atoms. The maximum absolute atomic E-state index is 13.3. The number of β-amino-alcohol motifs (C(OH)–C–C–N with tert-alkyl or cyclic N) is 1. The molecule has 1 saturated heterocycles. The van der Waals surface area contributed by atoms with E-state index in [1.807, 2.05) is 75.4 Å². The molecule has 0 saturated carbocycles. The Bertz CT molecular complexity index is 1210. The summed E-state index contributed by atoms with van der Waals surface area (Å²) in [6, 6.07) is 17.7. The van der Waals surface area contributed by atoms with Crippen molar-refractivity contribution >= 4 is 20.8 Å². The molecular formula is C26H32N2O4S. The highest BCUT2D eigenvalue weighted by Gasteiger charge is 2.31. The van der Waals surface area contributed by atoms with Crippen LogP contribution in [0.15, 0.2) is 59.5 Å². The van der Waals surface area contributed by atoms with Crippen molar-refractivity contribution in [3.63, 3.8) is 0 Å². The number of rotatable bonds is 7. The molecule has 0 unspecified atom stereocenters. The number of hydrogen-bond donors (Lipinski definition) is 1. The zero-order valence-electron chi connectivity index (χ0n) is 19.5. The average molecular weight is 469 g/mol. The number of benzene rings is 3. The second kappa shape index (κ2) is 9.81. The molecule has 4 rings (SSSR count). The lowest BCUT2D eigenvalue weighted by Gasteiger charge is -2.35. The minimum atomic E-state index is -3.54. The van der Waals surface area contributed by atoms with Gasteiger partial charge >= 0.3 is 0 Å². The van der Waals surface area contributed by atoms with Gasteiger partial charge in [0.2, 0.25) is 10.0 Å². The molecule has 3 aromatic rings. The van der Waals surface area contributed by atoms with Crippen molar-refractivity contribution in [3.8, 4) is 5.75 Å². The molecule has 3 aromatic carbocycles. The van der Waals surface area contributed by atoms with Gasteiger partial charge in [-0.25, -0.2) is 8.42 Å². The smallest absolute Gasteiger partial charge is 0.243 e. The van der Waals surface area contributed by atoms with Gasteiger partial charge in [-0.2, -0.15) is 4.31 Å². The summed E-state index contributed by atoms with van der Waals surface area (Å²) in [6.45, 7) is 8.30. The summed E-state index contributed by atoms with van der Waals surface area (Å²) in [5, 5.41) is 12.7. The molecule has 1 aliphatic heterocycles. The number of hydrogen-bond acceptors (Lipinski definition) is 5. The summed E-state index contributed by atoms with van der Waals surface area (Å²) in [5.74, 6) is 0.756. The van der Waals surface area contributed by atoms with Gasteiger partial charge in [-0.05, 0) is 43.4 Å². The Morgan fingerprint density at radius 2 is 1.58 bits per heavy atom. The van der Waals surface area contributed by atoms with Gasteiger partial charge in [0.15, 0.2) is 0 Å². The summed E-state index contributed by atoms with van der Waals surface area (Å²) in [7, 11) is -3.54. The molecule has 1 fully saturated rings. The monoisotopic (exact) mass is 468 g/mol. The Kier molecular flexibility index (Phi) is 7.05. The van der Waals surface area contributed by atoms with Gasteiger partial charge in [-0.1, -0.05) is 54.1 Å². The van der Waals surface area contributed by atoms with Crippen molar-refractivity contribution in [2.24, 2.45) is 0 Å². The van der Waals surface area contributed by atoms with Gasteiger partial charge in [0.25, 0.3) is 0 Å². The first-order valence-corrected chi connectivity index (χ1v) is 12.8. The van der Waals surface area contributed by atoms with Crippen molar-refractivity contribution in [2.75, 3.05) is 39.3 Å². The second-order valence-electron chi connectivity index (χ2n) is 8.87. The maximum Gasteiger partial charge on any atom is 0.243 e. The molecular weight excluding hydrogens is 436 g/mol. The fourth-order valence-corrected chi connectivity index (χ4v) is 6.55. The van der Waals surface area contributed by atoms with Crippen LogP contribution in [0.25, 0.3) is 10.8 Å². The number of fused-ring (bicyclic) bond motifs is 1. The lowest BCUT2D eigenvalue weighted by molar-refractivity contribution is 0.0573. The topological polar surface area (TPSA) is 70.1 Å². The van der Waals surface area contributed by atoms with E-state index in [0.29, 0.717) is 37.6 Å². The molecule has 0 bridgehead atoms. The van der Waals surface area contributed by atoms with Crippen LogP contribution >= 0.6 is 0 Å². The highest BCUT2D eigenvalue weighted by Crippen LogP contribution is 2.27. The van der Waals surface area contributed by atoms with E-state index < -0.39 is 16.1 Å². The summed E-state index contributed by atoms with van der Waals surface area (Å²) in [6.07, 6.45) is -0.659. The Morgan fingerprint density at radius 3 is 2.27 bits per heavy atom. The molecule has 1 atom stereocenters. The van der Waals surface area contributed by atoms with E-state index in [9.17, 15) is 13.5 Å². The third-order valence-electron chi connectivity index (χ3n) is 6.18. The SMILES string of the molecule is Cc1cc(C)c(S(=O)(=O)N2CCN(C[C@H](O)COc3cccc4ccccc34)CC2)c(C)c1. The molecule has 0 amide bonds. The number of aryl methyl sites for hydroxylation is 3. The van der Waals surface area contributed by atoms with Crippen LogP contribution < -0.4 is 4.74 Å². The molecule has 0 radical (unpaired) electrons. The minimum absolute atomic E-state index is 0.189. The molecule has 1 aliphatic rings. The minimum Gasteiger partial charge on any atom is -0.490 e. The number of aliphatic hydroxyl groups excluding tert-OH is 1. The first kappa shape index (κ1) is 23.7. The number of sulfonamides is 1. The van der Waals surface area contributed by atoms with Crippen LogP contribution in [0.1, 0.15) is 16.7 Å². The maximum atomic E-state index is 13.3. The summed E-state index contributed by atoms with van der Waals surface area (Å²) in [5.41, 5.74) is 2.64. The van der Waals surface area contributed by atoms with E-state index >= 15 is 0 Å². The van der Waals surface area contributed by atoms with Crippen LogP contribution in [0.4, 0.5) is 0 Å². The average Bonchev–Trinajstić information content (AvgIpc) is 2.77. The van der Waals surface area contributed by atoms with Gasteiger partial charge in [0, 0.05) is 38.1 Å². The van der Waals surface area contributed by atoms with Gasteiger partial charge in [-0.3, -0.25) is 4.90 Å². The molecule has 7 heteroatoms. The standard InChI is InChI=1S/C26H32N2O4S/c1-19-15-20(2)26(21(3)16-19)33(30,31)28-13-11-27(12-14-28)17-23(29)18-32-25-10-6-8-22-7-4-5-9-24(22)25/h4-10,15-16,23,29H,11-14,17-18H2,1-3H3/t23-/m0/s1. The lowest BCUT2D eigenvalue weighted by atomic mass is 10.1. The van der Waals surface area contributed by atoms with Gasteiger partial charge in [0.05, 0.1) is 4.90 Å². The van der Waals surface area contributed by atoms with Crippen LogP contribution in [0, 0.1) is 20.8 Å². The van der Waals surface area contributed by atoms with Crippen molar-refractivity contribution in [1.29, 1.82) is 0 Å². The Labute approximate surface area is 196 Å². The third kappa shape index (κ3) is 5.22. The van der Waals surface area contributed by atoms with E-state index in [1.54, 1.807) is 4.31 Å². The van der Waals surface area contributed by atoms with Crippen molar-refractivity contribution in [2.45, 2.75) is 31.8 Å². The third-order valence-corrected chi connectivity index (χ3v) is 8.39. The highest BCUT2D eigenvalue weighted by atomic mass is 32.2. The number of aliphatic hydroxyl groups is 1. The second-order valence-corrected chi connectivity index (χ2v) is 10.7. The van der Waals surface area contributed by atoms with E-state index in [4.69, 9.17) is 4.74 Å². The fraction of sp³-hybridized carbons (Fsp3) is 0.385. The van der Waals surface area contributed by atoms with E-state index in [0.717, 1.165) is 33.2 Å². The first-order valence-electron chi connectivity index (χ1n) is 11.3. The first-order chi connectivity index (χ1) is 15.8. The zero-order valence-corrected chi connectivity index (χ0v) is 20.3. The summed E-state index contributed by atoms with van der Waals surface area (Å²) in [4.78, 5) is 2.52. The fourth-order valence-electron chi connectivity index (χ4n) is 4.71. The number of piperazine rings is 1. The number of nitrogens with zero attached hydrogens (tertiary/aromatic N) is 2. The van der Waals surface area contributed by atoms with Crippen molar-refractivity contribution < 1.29 is 18.3 Å². The molecule has 176 valence electrons. The van der Waals surface area contributed by atoms with Crippen LogP contribution in [0.5, 0.6) is 5.75 Å². The van der Waals surface area contributed by atoms with Crippen LogP contribution in [0.2, 0.25) is 0 Å². The van der Waals surface area contributed by atoms with E-state index in [-0.39, 0.29) is 6.61 Å². The van der Waals surface area contributed by atoms with Gasteiger partial charge < -0.3 is 9.84 Å². The Morgan fingerprint density at radius 1 is 0.939 bits per heavy atom. The number of ether oxygens (including phenoxy) is 1. The molecule has 0 aromatic heterocycles. The van der Waals surface area contributed by atoms with Crippen LogP contribution in [-0.4, -0.2) is 68.2 Å². The normalized spacial score (nSPS) is 16.7. The summed E-state index contributed by atoms with van der Waals surface area (Å²) >= 11 is 0. The van der Waals surface area contributed by atoms with Gasteiger partial charge in [-0.15, -0.1) is 0 Å². The molecule has 1 N–H and O–H groups in total. The van der Waals surface area contributed by atoms with Gasteiger partial charge in [0.1, 0.15) is 18.5 Å². The van der Waals surface area contributed by atoms with Crippen LogP contribution in [-0.2, 0) is 10.0 Å². The van der Waals surface area contributed by atoms with E-state index in [2.05, 4.69) is 4.90 Å². The molecule has 6 nitrogen and oxygen atoms in total. The zero-order chi connectivity index (χ0) is 23.6. The Balaban J connectivity index is 1.33. The lowest BCUT2D eigenvalue weighted by Crippen LogP contribution is -2.51. The molecule has 1 heterocycles. The Hall–Kier alpha value is -2.45. The summed E-state index contributed by atoms with van der Waals surface area (Å²) < 4.78 is 34.0. The van der Waals surface area contributed by atoms with Crippen LogP contribution in [0.3, 0.4) is 0 Å². The molecule has 0 aliphatic carbocycles. The van der Waals surface area contributed by atoms with Crippen molar-refractivity contribution in [3.05, 3.63) is 71.3 Å². The predicted molar refractivity (Wildman–Crippen MR) is 131 cm³/mol. The largest absolute Gasteiger partial charge is 0.490 e. The predicted octanol–water partition coefficient (Wildman–Crippen LogP) is 3.51. The van der Waals surface area contributed by atoms with E-state index in [1.165, 1.54) is 0 Å².